The molecule has 0 aliphatic heterocycles. The van der Waals surface area contributed by atoms with Crippen LogP contribution in [0.1, 0.15) is 25.0 Å². The van der Waals surface area contributed by atoms with Crippen LogP contribution in [-0.2, 0) is 5.41 Å². The van der Waals surface area contributed by atoms with E-state index in [1.54, 1.807) is 0 Å². The van der Waals surface area contributed by atoms with Crippen LogP contribution in [-0.4, -0.2) is 8.97 Å². The van der Waals surface area contributed by atoms with Crippen molar-refractivity contribution >= 4 is 59.9 Å². The van der Waals surface area contributed by atoms with E-state index in [1.807, 2.05) is 0 Å². The Labute approximate surface area is 272 Å². The quantitative estimate of drug-likeness (QED) is 0.187. The Kier molecular flexibility index (Phi) is 4.68. The molecule has 0 saturated carbocycles. The van der Waals surface area contributed by atoms with E-state index >= 15 is 0 Å². The van der Waals surface area contributed by atoms with Gasteiger partial charge in [0.2, 0.25) is 0 Å². The lowest BCUT2D eigenvalue weighted by Gasteiger charge is -2.21. The Morgan fingerprint density at radius 1 is 0.404 bits per heavy atom. The van der Waals surface area contributed by atoms with Crippen LogP contribution in [0.25, 0.3) is 87.8 Å². The van der Waals surface area contributed by atoms with Crippen molar-refractivity contribution in [2.45, 2.75) is 19.3 Å². The third-order valence-corrected chi connectivity index (χ3v) is 11.1. The van der Waals surface area contributed by atoms with Crippen LogP contribution in [0.5, 0.6) is 0 Å². The lowest BCUT2D eigenvalue weighted by molar-refractivity contribution is 0.660. The Morgan fingerprint density at radius 2 is 1.02 bits per heavy atom. The predicted molar refractivity (Wildman–Crippen MR) is 198 cm³/mol. The zero-order chi connectivity index (χ0) is 31.0. The Morgan fingerprint density at radius 3 is 1.87 bits per heavy atom. The Bertz CT molecular complexity index is 2930. The van der Waals surface area contributed by atoms with Gasteiger partial charge in [0.05, 0.1) is 27.6 Å². The molecule has 0 spiro atoms. The zero-order valence-electron chi connectivity index (χ0n) is 26.3. The molecule has 0 unspecified atom stereocenters. The highest BCUT2D eigenvalue weighted by Gasteiger charge is 2.35. The van der Waals surface area contributed by atoms with Gasteiger partial charge in [0.25, 0.3) is 0 Å². The highest BCUT2D eigenvalue weighted by Crippen LogP contribution is 2.49. The van der Waals surface area contributed by atoms with Gasteiger partial charge >= 0.3 is 0 Å². The molecule has 0 saturated heterocycles. The molecule has 2 nitrogen and oxygen atoms in total. The standard InChI is InChI=1S/C45H30N2/c1-45(2)38-15-6-3-10-30(38)36-26-29(20-22-39(36)45)46-40-16-7-5-12-32(40)37-24-27(19-23-42(37)46)28-18-21-33-35-14-9-13-34-31-11-4-8-17-41(31)47(44(34)35)43(33)25-28/h3-26H,1-2H3. The fraction of sp³-hybridized carbons (Fsp3) is 0.0667. The molecule has 1 aliphatic rings. The van der Waals surface area contributed by atoms with Crippen molar-refractivity contribution in [2.75, 3.05) is 0 Å². The molecule has 1 aliphatic carbocycles. The summed E-state index contributed by atoms with van der Waals surface area (Å²) in [5.41, 5.74) is 15.5. The van der Waals surface area contributed by atoms with E-state index in [9.17, 15) is 0 Å². The van der Waals surface area contributed by atoms with E-state index in [2.05, 4.69) is 168 Å². The molecule has 3 aromatic heterocycles. The van der Waals surface area contributed by atoms with E-state index in [0.717, 1.165) is 0 Å². The van der Waals surface area contributed by atoms with Crippen molar-refractivity contribution in [3.05, 3.63) is 157 Å². The van der Waals surface area contributed by atoms with Crippen LogP contribution < -0.4 is 0 Å². The van der Waals surface area contributed by atoms with E-state index in [0.29, 0.717) is 0 Å². The first-order valence-electron chi connectivity index (χ1n) is 16.5. The third-order valence-electron chi connectivity index (χ3n) is 11.1. The number of nitrogens with zero attached hydrogens (tertiary/aromatic N) is 2. The topological polar surface area (TPSA) is 9.34 Å². The van der Waals surface area contributed by atoms with Crippen LogP contribution in [0.4, 0.5) is 0 Å². The normalized spacial score (nSPS) is 13.9. The zero-order valence-corrected chi connectivity index (χ0v) is 26.3. The fourth-order valence-electron chi connectivity index (χ4n) is 8.89. The van der Waals surface area contributed by atoms with E-state index in [4.69, 9.17) is 0 Å². The molecular formula is C45H30N2. The first kappa shape index (κ1) is 25.3. The van der Waals surface area contributed by atoms with Crippen molar-refractivity contribution in [3.63, 3.8) is 0 Å². The van der Waals surface area contributed by atoms with Gasteiger partial charge in [-0.05, 0) is 75.8 Å². The molecule has 7 aromatic carbocycles. The van der Waals surface area contributed by atoms with Crippen LogP contribution in [0, 0.1) is 0 Å². The van der Waals surface area contributed by atoms with Crippen molar-refractivity contribution in [1.82, 2.24) is 8.97 Å². The average molecular weight is 599 g/mol. The Balaban J connectivity index is 1.13. The summed E-state index contributed by atoms with van der Waals surface area (Å²) in [7, 11) is 0. The van der Waals surface area contributed by atoms with Gasteiger partial charge in [-0.1, -0.05) is 117 Å². The largest absolute Gasteiger partial charge is 0.309 e. The van der Waals surface area contributed by atoms with Gasteiger partial charge in [-0.3, -0.25) is 0 Å². The number of benzene rings is 7. The van der Waals surface area contributed by atoms with Crippen LogP contribution >= 0.6 is 0 Å². The number of hydrogen-bond donors (Lipinski definition) is 0. The van der Waals surface area contributed by atoms with Gasteiger partial charge in [0, 0.05) is 43.4 Å². The number of para-hydroxylation sites is 3. The maximum atomic E-state index is 2.47. The first-order chi connectivity index (χ1) is 23.1. The van der Waals surface area contributed by atoms with Gasteiger partial charge in [-0.25, -0.2) is 0 Å². The number of aromatic nitrogens is 2. The summed E-state index contributed by atoms with van der Waals surface area (Å²) in [5, 5.41) is 7.81. The highest BCUT2D eigenvalue weighted by atomic mass is 15.0. The second-order valence-corrected chi connectivity index (χ2v) is 13.8. The molecule has 3 heterocycles. The molecule has 47 heavy (non-hydrogen) atoms. The van der Waals surface area contributed by atoms with E-state index in [-0.39, 0.29) is 5.41 Å². The molecule has 220 valence electrons. The molecule has 0 amide bonds. The summed E-state index contributed by atoms with van der Waals surface area (Å²) in [5.74, 6) is 0. The van der Waals surface area contributed by atoms with Gasteiger partial charge in [0.1, 0.15) is 0 Å². The number of hydrogen-bond acceptors (Lipinski definition) is 0. The lowest BCUT2D eigenvalue weighted by atomic mass is 9.82. The van der Waals surface area contributed by atoms with Crippen molar-refractivity contribution in [1.29, 1.82) is 0 Å². The summed E-state index contributed by atoms with van der Waals surface area (Å²) < 4.78 is 4.92. The van der Waals surface area contributed by atoms with E-state index < -0.39 is 0 Å². The molecule has 10 aromatic rings. The number of fused-ring (bicyclic) bond motifs is 12. The maximum Gasteiger partial charge on any atom is 0.0620 e. The summed E-state index contributed by atoms with van der Waals surface area (Å²) in [4.78, 5) is 0. The van der Waals surface area contributed by atoms with Gasteiger partial charge in [0.15, 0.2) is 0 Å². The second-order valence-electron chi connectivity index (χ2n) is 13.8. The second kappa shape index (κ2) is 8.69. The molecular weight excluding hydrogens is 569 g/mol. The molecule has 0 radical (unpaired) electrons. The van der Waals surface area contributed by atoms with Crippen molar-refractivity contribution in [2.24, 2.45) is 0 Å². The molecule has 2 heteroatoms. The first-order valence-corrected chi connectivity index (χ1v) is 16.5. The van der Waals surface area contributed by atoms with Crippen LogP contribution in [0.15, 0.2) is 146 Å². The summed E-state index contributed by atoms with van der Waals surface area (Å²) in [6, 6.07) is 54.4. The van der Waals surface area contributed by atoms with Gasteiger partial charge < -0.3 is 8.97 Å². The minimum Gasteiger partial charge on any atom is -0.309 e. The van der Waals surface area contributed by atoms with Crippen LogP contribution in [0.2, 0.25) is 0 Å². The maximum absolute atomic E-state index is 2.47. The molecule has 11 rings (SSSR count). The average Bonchev–Trinajstić information content (AvgIpc) is 3.81. The summed E-state index contributed by atoms with van der Waals surface area (Å²) in [6.07, 6.45) is 0. The van der Waals surface area contributed by atoms with Crippen LogP contribution in [0.3, 0.4) is 0 Å². The van der Waals surface area contributed by atoms with Gasteiger partial charge in [-0.2, -0.15) is 0 Å². The minimum absolute atomic E-state index is 0.00384. The predicted octanol–water partition coefficient (Wildman–Crippen LogP) is 11.9. The summed E-state index contributed by atoms with van der Waals surface area (Å²) in [6.45, 7) is 4.69. The van der Waals surface area contributed by atoms with Crippen molar-refractivity contribution < 1.29 is 0 Å². The third kappa shape index (κ3) is 3.15. The number of rotatable bonds is 2. The van der Waals surface area contributed by atoms with Gasteiger partial charge in [-0.15, -0.1) is 0 Å². The molecule has 0 bridgehead atoms. The monoisotopic (exact) mass is 598 g/mol. The fourth-order valence-corrected chi connectivity index (χ4v) is 8.89. The van der Waals surface area contributed by atoms with Crippen molar-refractivity contribution in [3.8, 4) is 27.9 Å². The lowest BCUT2D eigenvalue weighted by Crippen LogP contribution is -2.14. The summed E-state index contributed by atoms with van der Waals surface area (Å²) >= 11 is 0. The Hall–Kier alpha value is -5.86. The molecule has 0 atom stereocenters. The molecule has 0 N–H and O–H groups in total. The minimum atomic E-state index is -0.00384. The highest BCUT2D eigenvalue weighted by molar-refractivity contribution is 6.23. The molecule has 0 fully saturated rings. The SMILES string of the molecule is CC1(C)c2ccccc2-c2cc(-n3c4ccccc4c4cc(-c5ccc6c7cccc8c9ccccc9n(c6c5)c87)ccc43)ccc21. The van der Waals surface area contributed by atoms with E-state index in [1.165, 1.54) is 99.0 Å². The smallest absolute Gasteiger partial charge is 0.0620 e.